The molecule has 1 N–H and O–H groups in total. The minimum Gasteiger partial charge on any atom is -0.258 e. The van der Waals surface area contributed by atoms with E-state index in [-0.39, 0.29) is 17.1 Å². The third kappa shape index (κ3) is 4.37. The number of nitro benzene ring substituents is 1. The lowest BCUT2D eigenvalue weighted by molar-refractivity contribution is -0.384. The fourth-order valence-electron chi connectivity index (χ4n) is 2.29. The van der Waals surface area contributed by atoms with Crippen molar-refractivity contribution in [2.45, 2.75) is 25.2 Å². The maximum atomic E-state index is 12.3. The normalized spacial score (nSPS) is 11.4. The van der Waals surface area contributed by atoms with Crippen LogP contribution in [0.3, 0.4) is 0 Å². The predicted octanol–water partition coefficient (Wildman–Crippen LogP) is 2.73. The summed E-state index contributed by atoms with van der Waals surface area (Å²) in [5.41, 5.74) is 2.56. The van der Waals surface area contributed by atoms with Gasteiger partial charge in [-0.2, -0.15) is 0 Å². The van der Waals surface area contributed by atoms with Gasteiger partial charge in [-0.05, 0) is 37.5 Å². The van der Waals surface area contributed by atoms with E-state index >= 15 is 0 Å². The minimum atomic E-state index is -3.56. The molecule has 0 aromatic heterocycles. The molecule has 0 atom stereocenters. The number of non-ortho nitro benzene ring substituents is 1. The van der Waals surface area contributed by atoms with Gasteiger partial charge >= 0.3 is 0 Å². The van der Waals surface area contributed by atoms with Crippen LogP contribution >= 0.6 is 0 Å². The molecular formula is C16H18N2O4S. The van der Waals surface area contributed by atoms with Crippen molar-refractivity contribution in [3.8, 4) is 0 Å². The molecule has 0 saturated heterocycles. The zero-order chi connectivity index (χ0) is 17.0. The quantitative estimate of drug-likeness (QED) is 0.650. The van der Waals surface area contributed by atoms with Gasteiger partial charge in [-0.3, -0.25) is 10.1 Å². The molecule has 0 aliphatic rings. The third-order valence-electron chi connectivity index (χ3n) is 3.47. The second kappa shape index (κ2) is 6.89. The van der Waals surface area contributed by atoms with Crippen LogP contribution in [0.5, 0.6) is 0 Å². The molecule has 6 nitrogen and oxygen atoms in total. The molecular weight excluding hydrogens is 316 g/mol. The van der Waals surface area contributed by atoms with Crippen LogP contribution in [0.25, 0.3) is 0 Å². The van der Waals surface area contributed by atoms with Crippen molar-refractivity contribution in [1.82, 2.24) is 4.72 Å². The molecule has 122 valence electrons. The summed E-state index contributed by atoms with van der Waals surface area (Å²) in [7, 11) is -3.56. The van der Waals surface area contributed by atoms with Crippen molar-refractivity contribution in [1.29, 1.82) is 0 Å². The Balaban J connectivity index is 2.01. The molecule has 2 rings (SSSR count). The van der Waals surface area contributed by atoms with Crippen LogP contribution in [0.1, 0.15) is 16.7 Å². The number of nitro groups is 1. The van der Waals surface area contributed by atoms with Gasteiger partial charge in [0.25, 0.3) is 5.69 Å². The van der Waals surface area contributed by atoms with Gasteiger partial charge in [-0.1, -0.05) is 29.8 Å². The van der Waals surface area contributed by atoms with Gasteiger partial charge in [-0.25, -0.2) is 13.1 Å². The van der Waals surface area contributed by atoms with Crippen LogP contribution in [-0.4, -0.2) is 19.9 Å². The number of benzene rings is 2. The van der Waals surface area contributed by atoms with E-state index in [4.69, 9.17) is 0 Å². The summed E-state index contributed by atoms with van der Waals surface area (Å²) in [6.45, 7) is 3.90. The Bertz CT molecular complexity index is 814. The molecule has 0 spiro atoms. The first kappa shape index (κ1) is 17.1. The van der Waals surface area contributed by atoms with Crippen LogP contribution in [0.15, 0.2) is 47.4 Å². The maximum Gasteiger partial charge on any atom is 0.269 e. The van der Waals surface area contributed by atoms with Crippen molar-refractivity contribution in [3.05, 3.63) is 69.3 Å². The number of rotatable bonds is 6. The number of nitrogens with zero attached hydrogens (tertiary/aromatic N) is 1. The Morgan fingerprint density at radius 2 is 1.74 bits per heavy atom. The summed E-state index contributed by atoms with van der Waals surface area (Å²) >= 11 is 0. The molecule has 2 aromatic rings. The summed E-state index contributed by atoms with van der Waals surface area (Å²) in [5.74, 6) is 0. The van der Waals surface area contributed by atoms with Gasteiger partial charge < -0.3 is 0 Å². The summed E-state index contributed by atoms with van der Waals surface area (Å²) < 4.78 is 27.2. The average molecular weight is 334 g/mol. The molecule has 0 saturated carbocycles. The Kier molecular flexibility index (Phi) is 5.12. The van der Waals surface area contributed by atoms with Crippen molar-refractivity contribution < 1.29 is 13.3 Å². The lowest BCUT2D eigenvalue weighted by atomic mass is 10.1. The average Bonchev–Trinajstić information content (AvgIpc) is 2.47. The fraction of sp³-hybridized carbons (Fsp3) is 0.250. The highest BCUT2D eigenvalue weighted by atomic mass is 32.2. The maximum absolute atomic E-state index is 12.3. The molecule has 0 fully saturated rings. The molecule has 7 heteroatoms. The molecule has 0 aliphatic carbocycles. The van der Waals surface area contributed by atoms with Crippen LogP contribution in [0.2, 0.25) is 0 Å². The van der Waals surface area contributed by atoms with E-state index in [9.17, 15) is 18.5 Å². The van der Waals surface area contributed by atoms with E-state index in [1.165, 1.54) is 12.1 Å². The van der Waals surface area contributed by atoms with Crippen molar-refractivity contribution in [2.24, 2.45) is 0 Å². The van der Waals surface area contributed by atoms with Crippen LogP contribution < -0.4 is 4.72 Å². The molecule has 0 heterocycles. The Labute approximate surface area is 135 Å². The van der Waals surface area contributed by atoms with Gasteiger partial charge in [-0.15, -0.1) is 0 Å². The van der Waals surface area contributed by atoms with E-state index in [0.29, 0.717) is 12.0 Å². The summed E-state index contributed by atoms with van der Waals surface area (Å²) in [6.07, 6.45) is 0.460. The van der Waals surface area contributed by atoms with Gasteiger partial charge in [0.15, 0.2) is 0 Å². The van der Waals surface area contributed by atoms with Crippen LogP contribution in [0.4, 0.5) is 5.69 Å². The Hall–Kier alpha value is -2.25. The second-order valence-electron chi connectivity index (χ2n) is 5.34. The third-order valence-corrected chi connectivity index (χ3v) is 5.09. The number of nitrogens with one attached hydrogen (secondary N) is 1. The van der Waals surface area contributed by atoms with Crippen molar-refractivity contribution in [3.63, 3.8) is 0 Å². The standard InChI is InChI=1S/C16H18N2O4S/c1-12-3-8-16(13(2)11-12)23(21,22)17-10-9-14-4-6-15(7-5-14)18(19)20/h3-8,11,17H,9-10H2,1-2H3. The largest absolute Gasteiger partial charge is 0.269 e. The highest BCUT2D eigenvalue weighted by molar-refractivity contribution is 7.89. The minimum absolute atomic E-state index is 0.0182. The van der Waals surface area contributed by atoms with Crippen LogP contribution in [0, 0.1) is 24.0 Å². The van der Waals surface area contributed by atoms with E-state index in [2.05, 4.69) is 4.72 Å². The second-order valence-corrected chi connectivity index (χ2v) is 7.08. The first-order valence-corrected chi connectivity index (χ1v) is 8.58. The zero-order valence-electron chi connectivity index (χ0n) is 12.9. The van der Waals surface area contributed by atoms with Gasteiger partial charge in [0.05, 0.1) is 9.82 Å². The SMILES string of the molecule is Cc1ccc(S(=O)(=O)NCCc2ccc([N+](=O)[O-])cc2)c(C)c1. The highest BCUT2D eigenvalue weighted by Crippen LogP contribution is 2.16. The van der Waals surface area contributed by atoms with E-state index in [1.807, 2.05) is 13.0 Å². The fourth-order valence-corrected chi connectivity index (χ4v) is 3.55. The first-order valence-electron chi connectivity index (χ1n) is 7.10. The van der Waals surface area contributed by atoms with E-state index < -0.39 is 14.9 Å². The molecule has 0 unspecified atom stereocenters. The monoisotopic (exact) mass is 334 g/mol. The van der Waals surface area contributed by atoms with Crippen molar-refractivity contribution >= 4 is 15.7 Å². The lowest BCUT2D eigenvalue weighted by Crippen LogP contribution is -2.26. The Morgan fingerprint density at radius 1 is 1.09 bits per heavy atom. The van der Waals surface area contributed by atoms with E-state index in [1.54, 1.807) is 31.2 Å². The number of aryl methyl sites for hydroxylation is 2. The summed E-state index contributed by atoms with van der Waals surface area (Å²) in [4.78, 5) is 10.4. The first-order chi connectivity index (χ1) is 10.8. The van der Waals surface area contributed by atoms with Gasteiger partial charge in [0, 0.05) is 18.7 Å². The topological polar surface area (TPSA) is 89.3 Å². The molecule has 0 bridgehead atoms. The van der Waals surface area contributed by atoms with E-state index in [0.717, 1.165) is 11.1 Å². The van der Waals surface area contributed by atoms with Gasteiger partial charge in [0.2, 0.25) is 10.0 Å². The number of sulfonamides is 1. The Morgan fingerprint density at radius 3 is 2.30 bits per heavy atom. The van der Waals surface area contributed by atoms with Crippen LogP contribution in [-0.2, 0) is 16.4 Å². The van der Waals surface area contributed by atoms with Crippen molar-refractivity contribution in [2.75, 3.05) is 6.54 Å². The van der Waals surface area contributed by atoms with Gasteiger partial charge in [0.1, 0.15) is 0 Å². The number of hydrogen-bond donors (Lipinski definition) is 1. The molecule has 0 amide bonds. The molecule has 2 aromatic carbocycles. The smallest absolute Gasteiger partial charge is 0.258 e. The summed E-state index contributed by atoms with van der Waals surface area (Å²) in [6, 6.07) is 11.3. The predicted molar refractivity (Wildman–Crippen MR) is 87.9 cm³/mol. The summed E-state index contributed by atoms with van der Waals surface area (Å²) in [5, 5.41) is 10.6. The zero-order valence-corrected chi connectivity index (χ0v) is 13.8. The molecule has 0 aliphatic heterocycles. The number of hydrogen-bond acceptors (Lipinski definition) is 4. The molecule has 0 radical (unpaired) electrons. The lowest BCUT2D eigenvalue weighted by Gasteiger charge is -2.10. The highest BCUT2D eigenvalue weighted by Gasteiger charge is 2.16. The molecule has 23 heavy (non-hydrogen) atoms.